The second-order valence-corrected chi connectivity index (χ2v) is 19.2. The van der Waals surface area contributed by atoms with E-state index in [4.69, 9.17) is 32.9 Å². The van der Waals surface area contributed by atoms with Crippen LogP contribution in [0.4, 0.5) is 4.79 Å². The summed E-state index contributed by atoms with van der Waals surface area (Å²) < 4.78 is 36.4. The Hall–Kier alpha value is -1.14. The molecule has 0 radical (unpaired) electrons. The second-order valence-electron chi connectivity index (χ2n) is 15.8. The van der Waals surface area contributed by atoms with E-state index in [-0.39, 0.29) is 77.1 Å². The van der Waals surface area contributed by atoms with Crippen molar-refractivity contribution in [3.8, 4) is 0 Å². The van der Waals surface area contributed by atoms with E-state index in [2.05, 4.69) is 5.32 Å². The summed E-state index contributed by atoms with van der Waals surface area (Å²) in [5.74, 6) is 1.10. The molecule has 1 N–H and O–H groups in total. The van der Waals surface area contributed by atoms with Crippen LogP contribution in [0.15, 0.2) is 4.99 Å². The molecule has 4 aliphatic carbocycles. The van der Waals surface area contributed by atoms with Crippen LogP contribution in [-0.2, 0) is 19.6 Å². The summed E-state index contributed by atoms with van der Waals surface area (Å²) in [4.78, 5) is 36.8. The number of urea groups is 1. The average molecular weight is 729 g/mol. The third kappa shape index (κ3) is 6.90. The lowest BCUT2D eigenvalue weighted by Gasteiger charge is -2.43. The lowest BCUT2D eigenvalue weighted by Crippen LogP contribution is -2.60. The quantitative estimate of drug-likeness (QED) is 0.371. The van der Waals surface area contributed by atoms with Gasteiger partial charge < -0.3 is 15.0 Å². The van der Waals surface area contributed by atoms with Crippen LogP contribution in [-0.4, -0.2) is 114 Å². The van der Waals surface area contributed by atoms with Crippen molar-refractivity contribution in [1.29, 1.82) is 0 Å². The summed E-state index contributed by atoms with van der Waals surface area (Å²) in [6.07, 6.45) is 14.4. The van der Waals surface area contributed by atoms with E-state index in [0.717, 1.165) is 95.7 Å². The number of nitrogens with one attached hydrogen (secondary N) is 1. The molecule has 0 aromatic carbocycles. The molecule has 2 saturated heterocycles. The first kappa shape index (κ1) is 35.3. The van der Waals surface area contributed by atoms with Crippen LogP contribution in [0, 0.1) is 23.7 Å². The van der Waals surface area contributed by atoms with Crippen molar-refractivity contribution in [2.45, 2.75) is 143 Å². The first-order chi connectivity index (χ1) is 23.2. The Morgan fingerprint density at radius 1 is 0.896 bits per heavy atom. The minimum atomic E-state index is -3.55. The largest absolute Gasteiger partial charge is 0.381 e. The fourth-order valence-electron chi connectivity index (χ4n) is 10.6. The molecule has 7 rings (SSSR count). The highest BCUT2D eigenvalue weighted by atomic mass is 35.5. The molecule has 3 aliphatic heterocycles. The van der Waals surface area contributed by atoms with Crippen molar-refractivity contribution < 1.29 is 22.7 Å². The lowest BCUT2D eigenvalue weighted by atomic mass is 9.74. The normalized spacial score (nSPS) is 41.5. The molecule has 48 heavy (non-hydrogen) atoms. The molecule has 7 aliphatic rings. The maximum atomic E-state index is 14.9. The standard InChI is InChI=1S/C35H55Cl2N5O5S/c1-47-26-13-15-27(16-14-26)48(45,46)41-20-29(28-7-2-3-8-30(28)41)34-39-32(23-5-4-6-25(37)19-23)33(22-9-11-24(36)12-10-22)42(34)35(44)40-18-17-38-31(43)21-40/h22-30,32-33H,2-21H2,1H3,(H,38,43). The minimum absolute atomic E-state index is 0.0307. The minimum Gasteiger partial charge on any atom is -0.381 e. The zero-order valence-electron chi connectivity index (χ0n) is 28.5. The Morgan fingerprint density at radius 3 is 2.35 bits per heavy atom. The highest BCUT2D eigenvalue weighted by molar-refractivity contribution is 7.89. The maximum Gasteiger partial charge on any atom is 0.326 e. The van der Waals surface area contributed by atoms with Gasteiger partial charge in [-0.2, -0.15) is 4.31 Å². The second kappa shape index (κ2) is 14.8. The summed E-state index contributed by atoms with van der Waals surface area (Å²) >= 11 is 13.4. The van der Waals surface area contributed by atoms with Crippen LogP contribution >= 0.6 is 23.2 Å². The van der Waals surface area contributed by atoms with E-state index in [1.54, 1.807) is 12.0 Å². The summed E-state index contributed by atoms with van der Waals surface area (Å²) in [5.41, 5.74) is 0. The summed E-state index contributed by atoms with van der Waals surface area (Å²) in [6.45, 7) is 1.29. The molecular formula is C35H55Cl2N5O5S. The average Bonchev–Trinajstić information content (AvgIpc) is 3.68. The predicted molar refractivity (Wildman–Crippen MR) is 188 cm³/mol. The summed E-state index contributed by atoms with van der Waals surface area (Å²) in [6, 6.07) is -0.432. The maximum absolute atomic E-state index is 14.9. The number of nitrogens with zero attached hydrogens (tertiary/aromatic N) is 4. The molecule has 13 heteroatoms. The van der Waals surface area contributed by atoms with Gasteiger partial charge in [-0.15, -0.1) is 23.2 Å². The zero-order valence-corrected chi connectivity index (χ0v) is 30.8. The van der Waals surface area contributed by atoms with E-state index in [1.165, 1.54) is 0 Å². The van der Waals surface area contributed by atoms with Gasteiger partial charge in [0.15, 0.2) is 0 Å². The van der Waals surface area contributed by atoms with Gasteiger partial charge in [-0.05, 0) is 101 Å². The molecule has 0 aromatic rings. The number of carbonyl (C=O) groups excluding carboxylic acids is 2. The van der Waals surface area contributed by atoms with Crippen molar-refractivity contribution in [2.24, 2.45) is 28.7 Å². The number of halogens is 2. The number of piperazine rings is 1. The molecular weight excluding hydrogens is 673 g/mol. The number of hydrogen-bond acceptors (Lipinski definition) is 6. The topological polar surface area (TPSA) is 112 Å². The van der Waals surface area contributed by atoms with Gasteiger partial charge in [-0.25, -0.2) is 13.2 Å². The van der Waals surface area contributed by atoms with Gasteiger partial charge in [-0.3, -0.25) is 14.7 Å². The Bertz CT molecular complexity index is 1320. The smallest absolute Gasteiger partial charge is 0.326 e. The van der Waals surface area contributed by atoms with Crippen LogP contribution < -0.4 is 5.32 Å². The number of fused-ring (bicyclic) bond motifs is 1. The Kier molecular flexibility index (Phi) is 10.9. The first-order valence-corrected chi connectivity index (χ1v) is 21.3. The van der Waals surface area contributed by atoms with Crippen molar-refractivity contribution in [3.05, 3.63) is 0 Å². The molecule has 0 spiro atoms. The van der Waals surface area contributed by atoms with E-state index in [0.29, 0.717) is 32.5 Å². The molecule has 7 unspecified atom stereocenters. The zero-order chi connectivity index (χ0) is 33.6. The fourth-order valence-corrected chi connectivity index (χ4v) is 13.5. The van der Waals surface area contributed by atoms with Crippen LogP contribution in [0.25, 0.3) is 0 Å². The molecule has 10 nitrogen and oxygen atoms in total. The van der Waals surface area contributed by atoms with Crippen molar-refractivity contribution in [2.75, 3.05) is 33.3 Å². The number of sulfonamides is 1. The van der Waals surface area contributed by atoms with Gasteiger partial charge in [-0.1, -0.05) is 19.3 Å². The third-order valence-corrected chi connectivity index (χ3v) is 16.3. The van der Waals surface area contributed by atoms with Crippen molar-refractivity contribution in [3.63, 3.8) is 0 Å². The van der Waals surface area contributed by atoms with Gasteiger partial charge in [0.1, 0.15) is 12.4 Å². The first-order valence-electron chi connectivity index (χ1n) is 18.9. The number of aliphatic imine (C=N–C) groups is 1. The number of methoxy groups -OCH3 is 1. The van der Waals surface area contributed by atoms with Gasteiger partial charge in [0.05, 0.1) is 23.4 Å². The van der Waals surface area contributed by atoms with E-state index < -0.39 is 15.3 Å². The van der Waals surface area contributed by atoms with Crippen LogP contribution in [0.2, 0.25) is 0 Å². The predicted octanol–water partition coefficient (Wildman–Crippen LogP) is 5.36. The number of hydrogen-bond donors (Lipinski definition) is 1. The van der Waals surface area contributed by atoms with Crippen molar-refractivity contribution in [1.82, 2.24) is 19.4 Å². The fraction of sp³-hybridized carbons (Fsp3) is 0.914. The molecule has 3 heterocycles. The number of ether oxygens (including phenoxy) is 1. The number of amides is 3. The van der Waals surface area contributed by atoms with E-state index in [1.807, 2.05) is 9.21 Å². The lowest BCUT2D eigenvalue weighted by molar-refractivity contribution is -0.123. The van der Waals surface area contributed by atoms with E-state index in [9.17, 15) is 18.0 Å². The number of alkyl halides is 2. The van der Waals surface area contributed by atoms with Gasteiger partial charge in [0, 0.05) is 49.5 Å². The molecule has 3 amide bonds. The van der Waals surface area contributed by atoms with Gasteiger partial charge in [0.25, 0.3) is 0 Å². The highest BCUT2D eigenvalue weighted by Crippen LogP contribution is 2.49. The van der Waals surface area contributed by atoms with Gasteiger partial charge >= 0.3 is 6.03 Å². The molecule has 0 aromatic heterocycles. The third-order valence-electron chi connectivity index (χ3n) is 13.1. The summed E-state index contributed by atoms with van der Waals surface area (Å²) in [5, 5.41) is 2.72. The number of carbonyl (C=O) groups is 2. The monoisotopic (exact) mass is 727 g/mol. The van der Waals surface area contributed by atoms with Crippen molar-refractivity contribution >= 4 is 51.0 Å². The Labute approximate surface area is 297 Å². The molecule has 4 saturated carbocycles. The van der Waals surface area contributed by atoms with Gasteiger partial charge in [0.2, 0.25) is 15.9 Å². The van der Waals surface area contributed by atoms with E-state index >= 15 is 0 Å². The molecule has 0 bridgehead atoms. The highest BCUT2D eigenvalue weighted by Gasteiger charge is 2.57. The molecule has 6 fully saturated rings. The number of rotatable bonds is 6. The molecule has 270 valence electrons. The SMILES string of the molecule is COC1CCC(S(=O)(=O)N2CC(C3=NC(C4CCCC(Cl)C4)C(C4CCC(Cl)CC4)N3C(=O)N3CCNC(=O)C3)C3CCCCC32)CC1. The van der Waals surface area contributed by atoms with Crippen LogP contribution in [0.3, 0.4) is 0 Å². The Balaban J connectivity index is 1.26. The Morgan fingerprint density at radius 2 is 1.65 bits per heavy atom. The van der Waals surface area contributed by atoms with Crippen LogP contribution in [0.1, 0.15) is 103 Å². The molecule has 7 atom stereocenters. The summed E-state index contributed by atoms with van der Waals surface area (Å²) in [7, 11) is -1.84. The number of amidine groups is 1. The van der Waals surface area contributed by atoms with Crippen LogP contribution in [0.5, 0.6) is 0 Å².